The van der Waals surface area contributed by atoms with Crippen molar-refractivity contribution in [3.8, 4) is 0 Å². The second-order valence-corrected chi connectivity index (χ2v) is 7.92. The van der Waals surface area contributed by atoms with Gasteiger partial charge in [-0.3, -0.25) is 4.79 Å². The van der Waals surface area contributed by atoms with Crippen LogP contribution in [-0.4, -0.2) is 24.6 Å². The quantitative estimate of drug-likeness (QED) is 0.518. The van der Waals surface area contributed by atoms with Crippen LogP contribution in [0.15, 0.2) is 84.5 Å². The molecule has 3 N–H and O–H groups in total. The number of aryl methyl sites for hydroxylation is 1. The molecule has 158 valence electrons. The standard InChI is InChI=1S/C26H32N2O2/c27-25(29)20-28-19-23-14-17-26(18-15-23,30-21-24-12-5-2-6-13-24)16-8-7-11-22-9-3-1-4-10-22/h1-6,9-10,12-15,17,28H,7-8,11,16,18-21H2,(H2,27,29). The number of amides is 1. The molecule has 0 fully saturated rings. The summed E-state index contributed by atoms with van der Waals surface area (Å²) in [5, 5.41) is 3.08. The van der Waals surface area contributed by atoms with Crippen molar-refractivity contribution in [1.29, 1.82) is 0 Å². The topological polar surface area (TPSA) is 64.4 Å². The van der Waals surface area contributed by atoms with Crippen LogP contribution in [0.5, 0.6) is 0 Å². The summed E-state index contributed by atoms with van der Waals surface area (Å²) < 4.78 is 6.47. The van der Waals surface area contributed by atoms with Crippen molar-refractivity contribution >= 4 is 5.91 Å². The maximum Gasteiger partial charge on any atom is 0.231 e. The van der Waals surface area contributed by atoms with E-state index in [-0.39, 0.29) is 18.1 Å². The minimum atomic E-state index is -0.339. The second kappa shape index (κ2) is 11.5. The van der Waals surface area contributed by atoms with Gasteiger partial charge in [0.25, 0.3) is 0 Å². The molecule has 1 atom stereocenters. The number of unbranched alkanes of at least 4 members (excludes halogenated alkanes) is 1. The fraction of sp³-hybridized carbons (Fsp3) is 0.346. The van der Waals surface area contributed by atoms with Crippen molar-refractivity contribution in [2.75, 3.05) is 13.1 Å². The molecule has 0 bridgehead atoms. The normalized spacial score (nSPS) is 18.2. The van der Waals surface area contributed by atoms with Gasteiger partial charge < -0.3 is 15.8 Å². The summed E-state index contributed by atoms with van der Waals surface area (Å²) in [4.78, 5) is 10.9. The molecule has 0 spiro atoms. The number of rotatable bonds is 12. The third-order valence-electron chi connectivity index (χ3n) is 5.47. The van der Waals surface area contributed by atoms with Crippen molar-refractivity contribution in [2.45, 2.75) is 44.3 Å². The van der Waals surface area contributed by atoms with Crippen LogP contribution in [0.25, 0.3) is 0 Å². The Bertz CT molecular complexity index is 846. The number of nitrogens with one attached hydrogen (secondary N) is 1. The molecule has 4 nitrogen and oxygen atoms in total. The van der Waals surface area contributed by atoms with E-state index in [2.05, 4.69) is 66.0 Å². The smallest absolute Gasteiger partial charge is 0.231 e. The van der Waals surface area contributed by atoms with Gasteiger partial charge in [0.1, 0.15) is 0 Å². The van der Waals surface area contributed by atoms with Crippen LogP contribution in [-0.2, 0) is 22.6 Å². The Morgan fingerprint density at radius 3 is 2.33 bits per heavy atom. The first-order valence-electron chi connectivity index (χ1n) is 10.7. The average molecular weight is 405 g/mol. The summed E-state index contributed by atoms with van der Waals surface area (Å²) >= 11 is 0. The molecular weight excluding hydrogens is 372 g/mol. The number of hydrogen-bond acceptors (Lipinski definition) is 3. The van der Waals surface area contributed by atoms with Gasteiger partial charge in [-0.25, -0.2) is 0 Å². The number of carbonyl (C=O) groups is 1. The van der Waals surface area contributed by atoms with Crippen LogP contribution in [0.1, 0.15) is 36.8 Å². The van der Waals surface area contributed by atoms with E-state index in [9.17, 15) is 4.79 Å². The van der Waals surface area contributed by atoms with Crippen molar-refractivity contribution < 1.29 is 9.53 Å². The Morgan fingerprint density at radius 2 is 1.70 bits per heavy atom. The van der Waals surface area contributed by atoms with E-state index in [4.69, 9.17) is 10.5 Å². The summed E-state index contributed by atoms with van der Waals surface area (Å²) in [5.41, 5.74) is 8.66. The molecule has 0 aliphatic heterocycles. The van der Waals surface area contributed by atoms with Gasteiger partial charge in [0, 0.05) is 6.54 Å². The Kier molecular flexibility index (Phi) is 8.42. The third kappa shape index (κ3) is 7.29. The summed E-state index contributed by atoms with van der Waals surface area (Å²) in [6, 6.07) is 21.0. The number of benzene rings is 2. The second-order valence-electron chi connectivity index (χ2n) is 7.92. The monoisotopic (exact) mass is 404 g/mol. The van der Waals surface area contributed by atoms with E-state index in [1.54, 1.807) is 0 Å². The molecule has 30 heavy (non-hydrogen) atoms. The molecular formula is C26H32N2O2. The predicted molar refractivity (Wildman–Crippen MR) is 122 cm³/mol. The lowest BCUT2D eigenvalue weighted by Gasteiger charge is -2.33. The van der Waals surface area contributed by atoms with Gasteiger partial charge in [0.2, 0.25) is 5.91 Å². The molecule has 0 heterocycles. The van der Waals surface area contributed by atoms with Crippen molar-refractivity contribution in [2.24, 2.45) is 5.73 Å². The zero-order chi connectivity index (χ0) is 21.1. The van der Waals surface area contributed by atoms with Gasteiger partial charge in [-0.05, 0) is 48.8 Å². The van der Waals surface area contributed by atoms with Gasteiger partial charge in [-0.15, -0.1) is 0 Å². The van der Waals surface area contributed by atoms with Crippen LogP contribution in [0.2, 0.25) is 0 Å². The first kappa shape index (κ1) is 22.0. The molecule has 0 aromatic heterocycles. The lowest BCUT2D eigenvalue weighted by molar-refractivity contribution is -0.117. The number of ether oxygens (including phenoxy) is 1. The maximum atomic E-state index is 10.9. The maximum absolute atomic E-state index is 10.9. The Hall–Kier alpha value is -2.69. The Balaban J connectivity index is 1.55. The number of primary amides is 1. The molecule has 0 saturated carbocycles. The summed E-state index contributed by atoms with van der Waals surface area (Å²) in [5.74, 6) is -0.339. The molecule has 1 unspecified atom stereocenters. The number of nitrogens with two attached hydrogens (primary N) is 1. The molecule has 1 aliphatic carbocycles. The summed E-state index contributed by atoms with van der Waals surface area (Å²) in [7, 11) is 0. The van der Waals surface area contributed by atoms with Crippen LogP contribution >= 0.6 is 0 Å². The van der Waals surface area contributed by atoms with Gasteiger partial charge in [-0.2, -0.15) is 0 Å². The zero-order valence-corrected chi connectivity index (χ0v) is 17.6. The zero-order valence-electron chi connectivity index (χ0n) is 17.6. The minimum Gasteiger partial charge on any atom is -0.369 e. The molecule has 3 rings (SSSR count). The SMILES string of the molecule is NC(=O)CNCC1=CCC(CCCCc2ccccc2)(OCc2ccccc2)C=C1. The van der Waals surface area contributed by atoms with E-state index >= 15 is 0 Å². The van der Waals surface area contributed by atoms with Gasteiger partial charge in [-0.1, -0.05) is 78.9 Å². The lowest BCUT2D eigenvalue weighted by atomic mass is 9.86. The Morgan fingerprint density at radius 1 is 1.00 bits per heavy atom. The molecule has 2 aromatic carbocycles. The fourth-order valence-corrected chi connectivity index (χ4v) is 3.72. The van der Waals surface area contributed by atoms with E-state index in [0.29, 0.717) is 13.2 Å². The van der Waals surface area contributed by atoms with Gasteiger partial charge >= 0.3 is 0 Å². The van der Waals surface area contributed by atoms with E-state index in [1.165, 1.54) is 16.7 Å². The van der Waals surface area contributed by atoms with Crippen LogP contribution in [0, 0.1) is 0 Å². The minimum absolute atomic E-state index is 0.195. The first-order valence-corrected chi connectivity index (χ1v) is 10.7. The highest BCUT2D eigenvalue weighted by Gasteiger charge is 2.29. The van der Waals surface area contributed by atoms with Crippen LogP contribution in [0.3, 0.4) is 0 Å². The van der Waals surface area contributed by atoms with Gasteiger partial charge in [0.05, 0.1) is 18.8 Å². The third-order valence-corrected chi connectivity index (χ3v) is 5.47. The van der Waals surface area contributed by atoms with Crippen LogP contribution < -0.4 is 11.1 Å². The van der Waals surface area contributed by atoms with E-state index in [0.717, 1.165) is 32.1 Å². The highest BCUT2D eigenvalue weighted by molar-refractivity contribution is 5.75. The highest BCUT2D eigenvalue weighted by atomic mass is 16.5. The van der Waals surface area contributed by atoms with Gasteiger partial charge in [0.15, 0.2) is 0 Å². The number of carbonyl (C=O) groups excluding carboxylic acids is 1. The van der Waals surface area contributed by atoms with Crippen molar-refractivity contribution in [1.82, 2.24) is 5.32 Å². The van der Waals surface area contributed by atoms with Crippen molar-refractivity contribution in [3.05, 3.63) is 95.6 Å². The largest absolute Gasteiger partial charge is 0.369 e. The molecule has 1 amide bonds. The number of hydrogen-bond donors (Lipinski definition) is 2. The fourth-order valence-electron chi connectivity index (χ4n) is 3.72. The average Bonchev–Trinajstić information content (AvgIpc) is 2.78. The van der Waals surface area contributed by atoms with Crippen molar-refractivity contribution in [3.63, 3.8) is 0 Å². The van der Waals surface area contributed by atoms with E-state index < -0.39 is 0 Å². The molecule has 4 heteroatoms. The summed E-state index contributed by atoms with van der Waals surface area (Å²) in [6.07, 6.45) is 11.7. The summed E-state index contributed by atoms with van der Waals surface area (Å²) in [6.45, 7) is 1.44. The van der Waals surface area contributed by atoms with E-state index in [1.807, 2.05) is 18.2 Å². The lowest BCUT2D eigenvalue weighted by Crippen LogP contribution is -2.33. The molecule has 0 radical (unpaired) electrons. The molecule has 1 aliphatic rings. The Labute approximate surface area is 179 Å². The predicted octanol–water partition coefficient (Wildman–Crippen LogP) is 4.32. The highest BCUT2D eigenvalue weighted by Crippen LogP contribution is 2.31. The molecule has 0 saturated heterocycles. The molecule has 2 aromatic rings. The first-order chi connectivity index (χ1) is 14.7. The van der Waals surface area contributed by atoms with Crippen LogP contribution in [0.4, 0.5) is 0 Å².